The van der Waals surface area contributed by atoms with Crippen LogP contribution in [0.15, 0.2) is 0 Å². The minimum Gasteiger partial charge on any atom is -0.326 e. The number of nitrogens with one attached hydrogen (secondary N) is 1. The van der Waals surface area contributed by atoms with E-state index in [4.69, 9.17) is 0 Å². The summed E-state index contributed by atoms with van der Waals surface area (Å²) >= 11 is 0. The zero-order chi connectivity index (χ0) is 10.8. The molecule has 1 aliphatic carbocycles. The van der Waals surface area contributed by atoms with E-state index < -0.39 is 0 Å². The Labute approximate surface area is 92.2 Å². The third kappa shape index (κ3) is 2.33. The summed E-state index contributed by atoms with van der Waals surface area (Å²) in [7, 11) is 0. The first kappa shape index (κ1) is 10.9. The molecule has 86 valence electrons. The highest BCUT2D eigenvalue weighted by atomic mass is 16.2. The Balaban J connectivity index is 1.83. The van der Waals surface area contributed by atoms with E-state index in [9.17, 15) is 4.79 Å². The lowest BCUT2D eigenvalue weighted by molar-refractivity contribution is -0.128. The quantitative estimate of drug-likeness (QED) is 0.764. The molecule has 15 heavy (non-hydrogen) atoms. The molecule has 1 aliphatic heterocycles. The summed E-state index contributed by atoms with van der Waals surface area (Å²) in [4.78, 5) is 13.7. The van der Waals surface area contributed by atoms with Crippen LogP contribution in [0.4, 0.5) is 0 Å². The van der Waals surface area contributed by atoms with Gasteiger partial charge < -0.3 is 4.90 Å². The average Bonchev–Trinajstić information content (AvgIpc) is 2.45. The first-order valence-electron chi connectivity index (χ1n) is 6.21. The van der Waals surface area contributed by atoms with Gasteiger partial charge in [0.05, 0.1) is 12.7 Å². The van der Waals surface area contributed by atoms with Crippen LogP contribution in [-0.4, -0.2) is 30.1 Å². The maximum absolute atomic E-state index is 11.7. The molecule has 0 radical (unpaired) electrons. The van der Waals surface area contributed by atoms with E-state index in [0.717, 1.165) is 12.5 Å². The second-order valence-electron chi connectivity index (χ2n) is 5.24. The first-order valence-corrected chi connectivity index (χ1v) is 6.21. The molecule has 1 saturated heterocycles. The monoisotopic (exact) mass is 210 g/mol. The van der Waals surface area contributed by atoms with Crippen molar-refractivity contribution in [2.45, 2.75) is 45.7 Å². The van der Waals surface area contributed by atoms with Crippen molar-refractivity contribution in [3.05, 3.63) is 0 Å². The molecule has 2 fully saturated rings. The number of carbonyl (C=O) groups excluding carboxylic acids is 1. The van der Waals surface area contributed by atoms with Gasteiger partial charge in [-0.3, -0.25) is 10.1 Å². The lowest BCUT2D eigenvalue weighted by atomic mass is 9.83. The predicted molar refractivity (Wildman–Crippen MR) is 60.3 cm³/mol. The highest BCUT2D eigenvalue weighted by Crippen LogP contribution is 2.30. The Bertz CT molecular complexity index is 236. The molecule has 2 rings (SSSR count). The van der Waals surface area contributed by atoms with Crippen molar-refractivity contribution < 1.29 is 4.79 Å². The van der Waals surface area contributed by atoms with E-state index in [1.807, 2.05) is 4.90 Å². The SMILES string of the molecule is CC(C)C1NCC(=O)N1CCC1CCC1. The average molecular weight is 210 g/mol. The summed E-state index contributed by atoms with van der Waals surface area (Å²) < 4.78 is 0. The number of amides is 1. The topological polar surface area (TPSA) is 32.3 Å². The van der Waals surface area contributed by atoms with E-state index in [1.54, 1.807) is 0 Å². The van der Waals surface area contributed by atoms with E-state index in [1.165, 1.54) is 25.7 Å². The van der Waals surface area contributed by atoms with Crippen molar-refractivity contribution in [2.75, 3.05) is 13.1 Å². The predicted octanol–water partition coefficient (Wildman–Crippen LogP) is 1.59. The molecule has 0 spiro atoms. The van der Waals surface area contributed by atoms with Crippen LogP contribution >= 0.6 is 0 Å². The largest absolute Gasteiger partial charge is 0.326 e. The number of nitrogens with zero attached hydrogens (tertiary/aromatic N) is 1. The van der Waals surface area contributed by atoms with Gasteiger partial charge in [-0.05, 0) is 18.3 Å². The Morgan fingerprint density at radius 3 is 2.73 bits per heavy atom. The fraction of sp³-hybridized carbons (Fsp3) is 0.917. The summed E-state index contributed by atoms with van der Waals surface area (Å²) in [6.45, 7) is 5.84. The summed E-state index contributed by atoms with van der Waals surface area (Å²) in [5.74, 6) is 1.69. The van der Waals surface area contributed by atoms with Crippen LogP contribution < -0.4 is 5.32 Å². The lowest BCUT2D eigenvalue weighted by Crippen LogP contribution is -2.42. The third-order valence-corrected chi connectivity index (χ3v) is 3.75. The van der Waals surface area contributed by atoms with Crippen LogP contribution in [0.5, 0.6) is 0 Å². The molecule has 1 atom stereocenters. The maximum Gasteiger partial charge on any atom is 0.237 e. The standard InChI is InChI=1S/C12H22N2O/c1-9(2)12-13-8-11(15)14(12)7-6-10-4-3-5-10/h9-10,12-13H,3-8H2,1-2H3. The Morgan fingerprint density at radius 1 is 1.47 bits per heavy atom. The molecule has 3 heteroatoms. The fourth-order valence-corrected chi connectivity index (χ4v) is 2.52. The van der Waals surface area contributed by atoms with Gasteiger partial charge in [-0.25, -0.2) is 0 Å². The van der Waals surface area contributed by atoms with Crippen molar-refractivity contribution >= 4 is 5.91 Å². The number of hydrogen-bond acceptors (Lipinski definition) is 2. The second-order valence-corrected chi connectivity index (χ2v) is 5.24. The first-order chi connectivity index (χ1) is 7.18. The molecule has 1 heterocycles. The van der Waals surface area contributed by atoms with Gasteiger partial charge in [-0.1, -0.05) is 33.1 Å². The van der Waals surface area contributed by atoms with Gasteiger partial charge >= 0.3 is 0 Å². The van der Waals surface area contributed by atoms with Crippen LogP contribution in [0.25, 0.3) is 0 Å². The van der Waals surface area contributed by atoms with E-state index in [0.29, 0.717) is 12.5 Å². The minimum atomic E-state index is 0.276. The van der Waals surface area contributed by atoms with Gasteiger partial charge in [0.1, 0.15) is 0 Å². The Morgan fingerprint density at radius 2 is 2.20 bits per heavy atom. The summed E-state index contributed by atoms with van der Waals surface area (Å²) in [5.41, 5.74) is 0. The highest BCUT2D eigenvalue weighted by molar-refractivity contribution is 5.80. The molecule has 3 nitrogen and oxygen atoms in total. The Hall–Kier alpha value is -0.570. The number of rotatable bonds is 4. The van der Waals surface area contributed by atoms with Gasteiger partial charge in [-0.15, -0.1) is 0 Å². The zero-order valence-corrected chi connectivity index (χ0v) is 9.83. The number of hydrogen-bond donors (Lipinski definition) is 1. The smallest absolute Gasteiger partial charge is 0.237 e. The molecule has 1 amide bonds. The molecule has 2 aliphatic rings. The highest BCUT2D eigenvalue weighted by Gasteiger charge is 2.32. The maximum atomic E-state index is 11.7. The molecule has 0 aromatic carbocycles. The summed E-state index contributed by atoms with van der Waals surface area (Å²) in [6, 6.07) is 0. The molecule has 0 aromatic rings. The molecule has 0 bridgehead atoms. The summed E-state index contributed by atoms with van der Waals surface area (Å²) in [5, 5.41) is 3.29. The second kappa shape index (κ2) is 4.52. The molecule has 0 aromatic heterocycles. The van der Waals surface area contributed by atoms with E-state index in [-0.39, 0.29) is 12.1 Å². The van der Waals surface area contributed by atoms with Crippen molar-refractivity contribution in [1.82, 2.24) is 10.2 Å². The van der Waals surface area contributed by atoms with Gasteiger partial charge in [0.2, 0.25) is 5.91 Å². The summed E-state index contributed by atoms with van der Waals surface area (Å²) in [6.07, 6.45) is 5.63. The minimum absolute atomic E-state index is 0.276. The number of carbonyl (C=O) groups is 1. The molecule has 1 saturated carbocycles. The van der Waals surface area contributed by atoms with Gasteiger partial charge in [0.15, 0.2) is 0 Å². The third-order valence-electron chi connectivity index (χ3n) is 3.75. The van der Waals surface area contributed by atoms with Gasteiger partial charge in [0, 0.05) is 6.54 Å². The molecular weight excluding hydrogens is 188 g/mol. The molecule has 1 unspecified atom stereocenters. The molecule has 1 N–H and O–H groups in total. The molecular formula is C12H22N2O. The van der Waals surface area contributed by atoms with Crippen LogP contribution in [0, 0.1) is 11.8 Å². The van der Waals surface area contributed by atoms with Crippen LogP contribution in [0.2, 0.25) is 0 Å². The van der Waals surface area contributed by atoms with Crippen LogP contribution in [-0.2, 0) is 4.79 Å². The van der Waals surface area contributed by atoms with Crippen molar-refractivity contribution in [2.24, 2.45) is 11.8 Å². The normalized spacial score (nSPS) is 27.5. The van der Waals surface area contributed by atoms with Crippen LogP contribution in [0.3, 0.4) is 0 Å². The van der Waals surface area contributed by atoms with Crippen LogP contribution in [0.1, 0.15) is 39.5 Å². The fourth-order valence-electron chi connectivity index (χ4n) is 2.52. The van der Waals surface area contributed by atoms with Gasteiger partial charge in [0.25, 0.3) is 0 Å². The zero-order valence-electron chi connectivity index (χ0n) is 9.83. The van der Waals surface area contributed by atoms with Crippen molar-refractivity contribution in [3.63, 3.8) is 0 Å². The van der Waals surface area contributed by atoms with E-state index >= 15 is 0 Å². The Kier molecular flexibility index (Phi) is 3.29. The van der Waals surface area contributed by atoms with E-state index in [2.05, 4.69) is 19.2 Å². The van der Waals surface area contributed by atoms with Crippen molar-refractivity contribution in [3.8, 4) is 0 Å². The van der Waals surface area contributed by atoms with Gasteiger partial charge in [-0.2, -0.15) is 0 Å². The van der Waals surface area contributed by atoms with Crippen molar-refractivity contribution in [1.29, 1.82) is 0 Å². The lowest BCUT2D eigenvalue weighted by Gasteiger charge is -2.31.